The van der Waals surface area contributed by atoms with E-state index in [1.165, 1.54) is 51.4 Å². The van der Waals surface area contributed by atoms with Crippen LogP contribution in [0.25, 0.3) is 0 Å². The zero-order valence-corrected chi connectivity index (χ0v) is 14.9. The number of carbonyl (C=O) groups is 1. The summed E-state index contributed by atoms with van der Waals surface area (Å²) >= 11 is 0. The molecule has 1 aromatic heterocycles. The zero-order valence-electron chi connectivity index (χ0n) is 14.9. The Morgan fingerprint density at radius 1 is 0.957 bits per heavy atom. The summed E-state index contributed by atoms with van der Waals surface area (Å²) < 4.78 is 5.59. The third-order valence-corrected chi connectivity index (χ3v) is 4.27. The Kier molecular flexibility index (Phi) is 11.2. The largest absolute Gasteiger partial charge is 0.459 e. The first-order valence-corrected chi connectivity index (χ1v) is 9.39. The van der Waals surface area contributed by atoms with Gasteiger partial charge in [-0.2, -0.15) is 0 Å². The molecule has 0 saturated carbocycles. The van der Waals surface area contributed by atoms with E-state index in [0.717, 1.165) is 19.3 Å². The van der Waals surface area contributed by atoms with Crippen molar-refractivity contribution in [2.75, 3.05) is 0 Å². The van der Waals surface area contributed by atoms with E-state index >= 15 is 0 Å². The van der Waals surface area contributed by atoms with Crippen molar-refractivity contribution in [2.45, 2.75) is 90.6 Å². The van der Waals surface area contributed by atoms with E-state index in [1.54, 1.807) is 24.5 Å². The molecule has 130 valence electrons. The Balaban J connectivity index is 2.09. The smallest absolute Gasteiger partial charge is 0.338 e. The van der Waals surface area contributed by atoms with Gasteiger partial charge in [-0.1, -0.05) is 65.2 Å². The number of nitrogens with zero attached hydrogens (tertiary/aromatic N) is 1. The van der Waals surface area contributed by atoms with Crippen molar-refractivity contribution < 1.29 is 9.53 Å². The molecule has 1 unspecified atom stereocenters. The second kappa shape index (κ2) is 13.1. The summed E-state index contributed by atoms with van der Waals surface area (Å²) in [4.78, 5) is 15.9. The molecule has 1 heterocycles. The fourth-order valence-corrected chi connectivity index (χ4v) is 2.74. The van der Waals surface area contributed by atoms with Crippen molar-refractivity contribution in [3.8, 4) is 0 Å². The standard InChI is InChI=1S/C20H33NO2/c1-3-5-6-7-8-9-10-11-12-13-19(4-2)23-20(22)18-14-16-21-17-15-18/h14-17,19H,3-13H2,1-2H3. The Labute approximate surface area is 141 Å². The molecule has 0 aliphatic carbocycles. The van der Waals surface area contributed by atoms with Gasteiger partial charge >= 0.3 is 5.97 Å². The van der Waals surface area contributed by atoms with Gasteiger partial charge < -0.3 is 4.74 Å². The monoisotopic (exact) mass is 319 g/mol. The van der Waals surface area contributed by atoms with Crippen LogP contribution in [0.1, 0.15) is 94.8 Å². The minimum absolute atomic E-state index is 0.0419. The van der Waals surface area contributed by atoms with Gasteiger partial charge in [0.05, 0.1) is 5.56 Å². The first kappa shape index (κ1) is 19.7. The van der Waals surface area contributed by atoms with Gasteiger partial charge in [0.25, 0.3) is 0 Å². The van der Waals surface area contributed by atoms with Gasteiger partial charge in [0.15, 0.2) is 0 Å². The highest BCUT2D eigenvalue weighted by atomic mass is 16.5. The predicted octanol–water partition coefficient (Wildman–Crippen LogP) is 5.94. The fourth-order valence-electron chi connectivity index (χ4n) is 2.74. The number of carbonyl (C=O) groups excluding carboxylic acids is 1. The lowest BCUT2D eigenvalue weighted by atomic mass is 10.0. The van der Waals surface area contributed by atoms with Crippen LogP contribution in [-0.4, -0.2) is 17.1 Å². The number of esters is 1. The molecule has 0 N–H and O–H groups in total. The summed E-state index contributed by atoms with van der Waals surface area (Å²) in [5.41, 5.74) is 0.588. The lowest BCUT2D eigenvalue weighted by Crippen LogP contribution is -2.17. The number of unbranched alkanes of at least 4 members (excludes halogenated alkanes) is 8. The van der Waals surface area contributed by atoms with Crippen LogP contribution in [0, 0.1) is 0 Å². The van der Waals surface area contributed by atoms with E-state index in [4.69, 9.17) is 4.74 Å². The van der Waals surface area contributed by atoms with E-state index in [0.29, 0.717) is 5.56 Å². The lowest BCUT2D eigenvalue weighted by Gasteiger charge is -2.16. The summed E-state index contributed by atoms with van der Waals surface area (Å²) in [7, 11) is 0. The topological polar surface area (TPSA) is 39.2 Å². The highest BCUT2D eigenvalue weighted by Gasteiger charge is 2.13. The third kappa shape index (κ3) is 9.37. The molecule has 1 rings (SSSR count). The molecule has 0 spiro atoms. The second-order valence-corrected chi connectivity index (χ2v) is 6.29. The Morgan fingerprint density at radius 2 is 1.52 bits per heavy atom. The molecule has 3 nitrogen and oxygen atoms in total. The molecule has 0 bridgehead atoms. The van der Waals surface area contributed by atoms with Crippen LogP contribution in [0.4, 0.5) is 0 Å². The molecule has 0 aromatic carbocycles. The van der Waals surface area contributed by atoms with Gasteiger partial charge in [-0.3, -0.25) is 4.98 Å². The van der Waals surface area contributed by atoms with Crippen LogP contribution < -0.4 is 0 Å². The van der Waals surface area contributed by atoms with Crippen molar-refractivity contribution in [1.82, 2.24) is 4.98 Å². The summed E-state index contributed by atoms with van der Waals surface area (Å²) in [5, 5.41) is 0. The van der Waals surface area contributed by atoms with Crippen molar-refractivity contribution >= 4 is 5.97 Å². The quantitative estimate of drug-likeness (QED) is 0.334. The highest BCUT2D eigenvalue weighted by Crippen LogP contribution is 2.15. The minimum atomic E-state index is -0.227. The number of hydrogen-bond donors (Lipinski definition) is 0. The predicted molar refractivity (Wildman–Crippen MR) is 95.6 cm³/mol. The van der Waals surface area contributed by atoms with Crippen molar-refractivity contribution in [1.29, 1.82) is 0 Å². The van der Waals surface area contributed by atoms with Crippen LogP contribution in [0.3, 0.4) is 0 Å². The van der Waals surface area contributed by atoms with E-state index < -0.39 is 0 Å². The summed E-state index contributed by atoms with van der Waals surface area (Å²) in [6.07, 6.45) is 17.0. The average molecular weight is 319 g/mol. The van der Waals surface area contributed by atoms with Gasteiger partial charge in [0, 0.05) is 12.4 Å². The number of aromatic nitrogens is 1. The fraction of sp³-hybridized carbons (Fsp3) is 0.700. The molecule has 23 heavy (non-hydrogen) atoms. The van der Waals surface area contributed by atoms with Gasteiger partial charge in [-0.05, 0) is 31.4 Å². The van der Waals surface area contributed by atoms with E-state index in [-0.39, 0.29) is 12.1 Å². The van der Waals surface area contributed by atoms with Crippen LogP contribution >= 0.6 is 0 Å². The summed E-state index contributed by atoms with van der Waals surface area (Å²) in [6, 6.07) is 3.40. The molecular formula is C20H33NO2. The Hall–Kier alpha value is -1.38. The van der Waals surface area contributed by atoms with Crippen LogP contribution in [0.2, 0.25) is 0 Å². The third-order valence-electron chi connectivity index (χ3n) is 4.27. The Bertz CT molecular complexity index is 405. The van der Waals surface area contributed by atoms with Crippen molar-refractivity contribution in [3.63, 3.8) is 0 Å². The van der Waals surface area contributed by atoms with E-state index in [1.807, 2.05) is 0 Å². The average Bonchev–Trinajstić information content (AvgIpc) is 2.59. The Morgan fingerprint density at radius 3 is 2.09 bits per heavy atom. The second-order valence-electron chi connectivity index (χ2n) is 6.29. The first-order chi connectivity index (χ1) is 11.3. The lowest BCUT2D eigenvalue weighted by molar-refractivity contribution is 0.0267. The maximum absolute atomic E-state index is 12.0. The van der Waals surface area contributed by atoms with Crippen LogP contribution in [-0.2, 0) is 4.74 Å². The molecule has 0 aliphatic rings. The summed E-state index contributed by atoms with van der Waals surface area (Å²) in [5.74, 6) is -0.227. The molecular weight excluding hydrogens is 286 g/mol. The number of ether oxygens (including phenoxy) is 1. The van der Waals surface area contributed by atoms with Gasteiger partial charge in [-0.25, -0.2) is 4.79 Å². The maximum atomic E-state index is 12.0. The zero-order chi connectivity index (χ0) is 16.8. The molecule has 0 amide bonds. The molecule has 0 aliphatic heterocycles. The minimum Gasteiger partial charge on any atom is -0.459 e. The van der Waals surface area contributed by atoms with Gasteiger partial charge in [0.1, 0.15) is 6.10 Å². The van der Waals surface area contributed by atoms with Gasteiger partial charge in [-0.15, -0.1) is 0 Å². The molecule has 0 fully saturated rings. The SMILES string of the molecule is CCCCCCCCCCCC(CC)OC(=O)c1ccncc1. The first-order valence-electron chi connectivity index (χ1n) is 9.39. The van der Waals surface area contributed by atoms with Crippen LogP contribution in [0.15, 0.2) is 24.5 Å². The van der Waals surface area contributed by atoms with Crippen LogP contribution in [0.5, 0.6) is 0 Å². The number of pyridine rings is 1. The molecule has 0 saturated heterocycles. The molecule has 1 aromatic rings. The number of rotatable bonds is 13. The van der Waals surface area contributed by atoms with E-state index in [2.05, 4.69) is 18.8 Å². The normalized spacial score (nSPS) is 12.1. The van der Waals surface area contributed by atoms with E-state index in [9.17, 15) is 4.79 Å². The van der Waals surface area contributed by atoms with Crippen molar-refractivity contribution in [2.24, 2.45) is 0 Å². The number of hydrogen-bond acceptors (Lipinski definition) is 3. The molecule has 0 radical (unpaired) electrons. The molecule has 3 heteroatoms. The highest BCUT2D eigenvalue weighted by molar-refractivity contribution is 5.89. The van der Waals surface area contributed by atoms with Crippen molar-refractivity contribution in [3.05, 3.63) is 30.1 Å². The molecule has 1 atom stereocenters. The maximum Gasteiger partial charge on any atom is 0.338 e. The summed E-state index contributed by atoms with van der Waals surface area (Å²) in [6.45, 7) is 4.34. The van der Waals surface area contributed by atoms with Gasteiger partial charge in [0.2, 0.25) is 0 Å².